The summed E-state index contributed by atoms with van der Waals surface area (Å²) in [6.07, 6.45) is -0.576. The highest BCUT2D eigenvalue weighted by Crippen LogP contribution is 2.42. The maximum atomic E-state index is 12.4. The second-order valence-corrected chi connectivity index (χ2v) is 5.72. The van der Waals surface area contributed by atoms with Crippen molar-refractivity contribution >= 4 is 22.4 Å². The molecule has 0 spiro atoms. The predicted molar refractivity (Wildman–Crippen MR) is 95.3 cm³/mol. The van der Waals surface area contributed by atoms with Crippen LogP contribution < -0.4 is 14.8 Å². The minimum absolute atomic E-state index is 0.396. The number of ether oxygens (including phenoxy) is 3. The van der Waals surface area contributed by atoms with E-state index in [0.717, 1.165) is 22.0 Å². The smallest absolute Gasteiger partial charge is 0.344 e. The lowest BCUT2D eigenvalue weighted by Crippen LogP contribution is -2.10. The van der Waals surface area contributed by atoms with Crippen molar-refractivity contribution in [2.45, 2.75) is 6.23 Å². The van der Waals surface area contributed by atoms with Gasteiger partial charge in [0.05, 0.1) is 14.2 Å². The van der Waals surface area contributed by atoms with Gasteiger partial charge in [-0.1, -0.05) is 36.4 Å². The SMILES string of the molecule is COc1ccc2c(c1OC)C(=O)O[C@@H]2Nc1cccc2ccccc12. The Morgan fingerprint density at radius 3 is 2.56 bits per heavy atom. The summed E-state index contributed by atoms with van der Waals surface area (Å²) < 4.78 is 16.2. The molecular formula is C20H17NO4. The first-order valence-electron chi connectivity index (χ1n) is 7.93. The predicted octanol–water partition coefficient (Wildman–Crippen LogP) is 4.14. The zero-order valence-corrected chi connectivity index (χ0v) is 13.9. The summed E-state index contributed by atoms with van der Waals surface area (Å²) in [6, 6.07) is 17.6. The molecule has 5 nitrogen and oxygen atoms in total. The van der Waals surface area contributed by atoms with Crippen molar-refractivity contribution in [2.75, 3.05) is 19.5 Å². The van der Waals surface area contributed by atoms with Crippen molar-refractivity contribution in [3.05, 3.63) is 65.7 Å². The van der Waals surface area contributed by atoms with Gasteiger partial charge in [-0.25, -0.2) is 4.79 Å². The molecule has 1 aliphatic rings. The zero-order valence-electron chi connectivity index (χ0n) is 13.9. The maximum absolute atomic E-state index is 12.4. The Kier molecular flexibility index (Phi) is 3.69. The lowest BCUT2D eigenvalue weighted by Gasteiger charge is -2.16. The van der Waals surface area contributed by atoms with Gasteiger partial charge >= 0.3 is 5.97 Å². The first-order valence-corrected chi connectivity index (χ1v) is 7.93. The fraction of sp³-hybridized carbons (Fsp3) is 0.150. The van der Waals surface area contributed by atoms with Crippen LogP contribution in [-0.4, -0.2) is 20.2 Å². The second kappa shape index (κ2) is 6.02. The van der Waals surface area contributed by atoms with Crippen LogP contribution in [0, 0.1) is 0 Å². The molecule has 0 amide bonds. The van der Waals surface area contributed by atoms with Crippen LogP contribution in [0.3, 0.4) is 0 Å². The Hall–Kier alpha value is -3.21. The third-order valence-electron chi connectivity index (χ3n) is 4.37. The molecule has 4 rings (SSSR count). The third kappa shape index (κ3) is 2.45. The molecule has 1 N–H and O–H groups in total. The Morgan fingerprint density at radius 1 is 0.960 bits per heavy atom. The van der Waals surface area contributed by atoms with Crippen LogP contribution in [0.25, 0.3) is 10.8 Å². The van der Waals surface area contributed by atoms with Gasteiger partial charge in [0.25, 0.3) is 0 Å². The zero-order chi connectivity index (χ0) is 17.4. The van der Waals surface area contributed by atoms with Crippen LogP contribution in [-0.2, 0) is 4.74 Å². The molecule has 1 heterocycles. The third-order valence-corrected chi connectivity index (χ3v) is 4.37. The number of carbonyl (C=O) groups is 1. The fourth-order valence-electron chi connectivity index (χ4n) is 3.20. The molecule has 1 aliphatic heterocycles. The average molecular weight is 335 g/mol. The van der Waals surface area contributed by atoms with Gasteiger partial charge in [-0.05, 0) is 23.6 Å². The largest absolute Gasteiger partial charge is 0.493 e. The molecule has 5 heteroatoms. The number of cyclic esters (lactones) is 1. The minimum Gasteiger partial charge on any atom is -0.493 e. The van der Waals surface area contributed by atoms with Crippen molar-refractivity contribution in [2.24, 2.45) is 0 Å². The van der Waals surface area contributed by atoms with Gasteiger partial charge in [0.2, 0.25) is 6.23 Å². The molecule has 0 fully saturated rings. The lowest BCUT2D eigenvalue weighted by atomic mass is 10.1. The summed E-state index contributed by atoms with van der Waals surface area (Å²) in [5.41, 5.74) is 2.04. The summed E-state index contributed by atoms with van der Waals surface area (Å²) in [5, 5.41) is 5.50. The first kappa shape index (κ1) is 15.3. The molecule has 0 aliphatic carbocycles. The van der Waals surface area contributed by atoms with Crippen LogP contribution in [0.1, 0.15) is 22.1 Å². The standard InChI is InChI=1S/C20H17NO4/c1-23-16-11-10-14-17(18(16)24-2)20(22)25-19(14)21-15-9-5-7-12-6-3-4-8-13(12)15/h3-11,19,21H,1-2H3/t19-/m0/s1. The number of benzene rings is 3. The van der Waals surface area contributed by atoms with E-state index in [9.17, 15) is 4.79 Å². The Labute approximate surface area is 145 Å². The van der Waals surface area contributed by atoms with Crippen molar-refractivity contribution in [3.63, 3.8) is 0 Å². The van der Waals surface area contributed by atoms with E-state index >= 15 is 0 Å². The maximum Gasteiger partial charge on any atom is 0.344 e. The molecule has 3 aromatic rings. The highest BCUT2D eigenvalue weighted by atomic mass is 16.6. The number of anilines is 1. The lowest BCUT2D eigenvalue weighted by molar-refractivity contribution is 0.0435. The van der Waals surface area contributed by atoms with Crippen molar-refractivity contribution < 1.29 is 19.0 Å². The monoisotopic (exact) mass is 335 g/mol. The molecule has 0 bridgehead atoms. The summed E-state index contributed by atoms with van der Waals surface area (Å²) in [7, 11) is 3.05. The Bertz CT molecular complexity index is 962. The quantitative estimate of drug-likeness (QED) is 0.726. The van der Waals surface area contributed by atoms with Crippen molar-refractivity contribution in [1.82, 2.24) is 0 Å². The number of rotatable bonds is 4. The van der Waals surface area contributed by atoms with Crippen molar-refractivity contribution in [3.8, 4) is 11.5 Å². The normalized spacial score (nSPS) is 15.6. The van der Waals surface area contributed by atoms with E-state index in [4.69, 9.17) is 14.2 Å². The van der Waals surface area contributed by atoms with Crippen LogP contribution in [0.5, 0.6) is 11.5 Å². The molecule has 0 aromatic heterocycles. The van der Waals surface area contributed by atoms with E-state index in [1.165, 1.54) is 14.2 Å². The fourth-order valence-corrected chi connectivity index (χ4v) is 3.20. The number of nitrogens with one attached hydrogen (secondary N) is 1. The highest BCUT2D eigenvalue weighted by Gasteiger charge is 2.36. The van der Waals surface area contributed by atoms with Crippen LogP contribution in [0.4, 0.5) is 5.69 Å². The second-order valence-electron chi connectivity index (χ2n) is 5.72. The van der Waals surface area contributed by atoms with Gasteiger partial charge < -0.3 is 19.5 Å². The van der Waals surface area contributed by atoms with Gasteiger partial charge in [-0.3, -0.25) is 0 Å². The Morgan fingerprint density at radius 2 is 1.76 bits per heavy atom. The number of methoxy groups -OCH3 is 2. The van der Waals surface area contributed by atoms with Crippen LogP contribution in [0.2, 0.25) is 0 Å². The number of hydrogen-bond acceptors (Lipinski definition) is 5. The number of esters is 1. The van der Waals surface area contributed by atoms with Gasteiger partial charge in [-0.15, -0.1) is 0 Å². The summed E-state index contributed by atoms with van der Waals surface area (Å²) in [6.45, 7) is 0. The van der Waals surface area contributed by atoms with E-state index in [-0.39, 0.29) is 0 Å². The number of carbonyl (C=O) groups excluding carboxylic acids is 1. The van der Waals surface area contributed by atoms with Gasteiger partial charge in [0, 0.05) is 16.6 Å². The van der Waals surface area contributed by atoms with Gasteiger partial charge in [0.1, 0.15) is 5.56 Å². The molecule has 3 aromatic carbocycles. The van der Waals surface area contributed by atoms with E-state index < -0.39 is 12.2 Å². The number of fused-ring (bicyclic) bond motifs is 2. The van der Waals surface area contributed by atoms with E-state index in [1.807, 2.05) is 48.5 Å². The Balaban J connectivity index is 1.76. The van der Waals surface area contributed by atoms with Gasteiger partial charge in [-0.2, -0.15) is 0 Å². The summed E-state index contributed by atoms with van der Waals surface area (Å²) in [5.74, 6) is 0.472. The molecule has 0 saturated heterocycles. The molecule has 1 atom stereocenters. The molecule has 25 heavy (non-hydrogen) atoms. The van der Waals surface area contributed by atoms with E-state index in [2.05, 4.69) is 5.32 Å². The van der Waals surface area contributed by atoms with Crippen LogP contribution >= 0.6 is 0 Å². The molecule has 126 valence electrons. The molecule has 0 radical (unpaired) electrons. The number of hydrogen-bond donors (Lipinski definition) is 1. The highest BCUT2D eigenvalue weighted by molar-refractivity contribution is 5.99. The first-order chi connectivity index (χ1) is 12.2. The minimum atomic E-state index is -0.576. The molecule has 0 saturated carbocycles. The summed E-state index contributed by atoms with van der Waals surface area (Å²) >= 11 is 0. The van der Waals surface area contributed by atoms with Crippen LogP contribution in [0.15, 0.2) is 54.6 Å². The van der Waals surface area contributed by atoms with E-state index in [0.29, 0.717) is 17.1 Å². The topological polar surface area (TPSA) is 56.8 Å². The van der Waals surface area contributed by atoms with Gasteiger partial charge in [0.15, 0.2) is 11.5 Å². The van der Waals surface area contributed by atoms with Crippen molar-refractivity contribution in [1.29, 1.82) is 0 Å². The summed E-state index contributed by atoms with van der Waals surface area (Å²) in [4.78, 5) is 12.4. The van der Waals surface area contributed by atoms with E-state index in [1.54, 1.807) is 6.07 Å². The molecular weight excluding hydrogens is 318 g/mol. The average Bonchev–Trinajstić information content (AvgIpc) is 2.97. The molecule has 0 unspecified atom stereocenters.